The normalized spacial score (nSPS) is 14.3. The van der Waals surface area contributed by atoms with Gasteiger partial charge >= 0.3 is 12.1 Å². The molecule has 0 saturated heterocycles. The van der Waals surface area contributed by atoms with Gasteiger partial charge in [-0.3, -0.25) is 0 Å². The predicted molar refractivity (Wildman–Crippen MR) is 133 cm³/mol. The number of aliphatic carboxylic acids is 1. The summed E-state index contributed by atoms with van der Waals surface area (Å²) in [7, 11) is 0. The summed E-state index contributed by atoms with van der Waals surface area (Å²) in [4.78, 5) is 8.90. The molecule has 3 heterocycles. The Morgan fingerprint density at radius 2 is 1.79 bits per heavy atom. The fourth-order valence-corrected chi connectivity index (χ4v) is 4.15. The summed E-state index contributed by atoms with van der Waals surface area (Å²) >= 11 is 0. The molecule has 1 atom stereocenters. The molecule has 0 amide bonds. The van der Waals surface area contributed by atoms with Gasteiger partial charge in [-0.1, -0.05) is 17.7 Å². The number of nitrogens with one attached hydrogen (secondary N) is 1. The van der Waals surface area contributed by atoms with Gasteiger partial charge in [0.2, 0.25) is 0 Å². The summed E-state index contributed by atoms with van der Waals surface area (Å²) in [5.74, 6) is 1.33. The molecule has 15 heteroatoms. The highest BCUT2D eigenvalue weighted by Crippen LogP contribution is 2.36. The van der Waals surface area contributed by atoms with Gasteiger partial charge in [0.25, 0.3) is 0 Å². The van der Waals surface area contributed by atoms with Gasteiger partial charge in [0.05, 0.1) is 5.69 Å². The number of terminal acetylenes is 1. The highest BCUT2D eigenvalue weighted by atomic mass is 19.4. The second kappa shape index (κ2) is 12.1. The second-order valence-electron chi connectivity index (χ2n) is 9.00. The minimum Gasteiger partial charge on any atom is -0.475 e. The van der Waals surface area contributed by atoms with Crippen molar-refractivity contribution in [3.8, 4) is 18.0 Å². The molecule has 1 aliphatic rings. The van der Waals surface area contributed by atoms with E-state index in [1.807, 2.05) is 4.57 Å². The van der Waals surface area contributed by atoms with E-state index in [1.54, 1.807) is 11.0 Å². The van der Waals surface area contributed by atoms with E-state index in [-0.39, 0.29) is 11.7 Å². The Labute approximate surface area is 222 Å². The summed E-state index contributed by atoms with van der Waals surface area (Å²) in [6.45, 7) is 9.67. The van der Waals surface area contributed by atoms with E-state index in [9.17, 15) is 13.2 Å². The molecule has 39 heavy (non-hydrogen) atoms. The number of hydrogen-bond donors (Lipinski definition) is 2. The third-order valence-electron chi connectivity index (χ3n) is 6.01. The van der Waals surface area contributed by atoms with Crippen LogP contribution in [0.2, 0.25) is 0 Å². The number of tetrazole rings is 1. The Morgan fingerprint density at radius 3 is 2.33 bits per heavy atom. The Morgan fingerprint density at radius 1 is 1.15 bits per heavy atom. The minimum absolute atomic E-state index is 0.351. The molecule has 2 aromatic heterocycles. The van der Waals surface area contributed by atoms with Crippen LogP contribution in [-0.2, 0) is 11.3 Å². The number of carbonyl (C=O) groups is 1. The Hall–Kier alpha value is -4.19. The average molecular weight is 547 g/mol. The van der Waals surface area contributed by atoms with Crippen LogP contribution in [0.25, 0.3) is 5.69 Å². The maximum absolute atomic E-state index is 10.6. The Balaban J connectivity index is 0.000000532. The molecule has 1 aliphatic heterocycles. The lowest BCUT2D eigenvalue weighted by Crippen LogP contribution is -2.31. The van der Waals surface area contributed by atoms with E-state index in [2.05, 4.69) is 87.0 Å². The molecule has 0 saturated carbocycles. The lowest BCUT2D eigenvalue weighted by atomic mass is 10.0. The van der Waals surface area contributed by atoms with Gasteiger partial charge < -0.3 is 15.0 Å². The summed E-state index contributed by atoms with van der Waals surface area (Å²) in [6.07, 6.45) is 4.22. The summed E-state index contributed by atoms with van der Waals surface area (Å²) < 4.78 is 35.5. The molecule has 0 fully saturated rings. The van der Waals surface area contributed by atoms with Crippen LogP contribution in [0.1, 0.15) is 60.6 Å². The fourth-order valence-electron chi connectivity index (χ4n) is 4.15. The van der Waals surface area contributed by atoms with Gasteiger partial charge in [-0.15, -0.1) is 27.6 Å². The van der Waals surface area contributed by atoms with Crippen molar-refractivity contribution in [3.63, 3.8) is 0 Å². The van der Waals surface area contributed by atoms with Crippen LogP contribution < -0.4 is 5.32 Å². The van der Waals surface area contributed by atoms with Crippen molar-refractivity contribution in [3.05, 3.63) is 46.8 Å². The molecule has 1 aromatic carbocycles. The summed E-state index contributed by atoms with van der Waals surface area (Å²) in [6, 6.07) is 3.92. The molecule has 0 aliphatic carbocycles. The monoisotopic (exact) mass is 546 g/mol. The van der Waals surface area contributed by atoms with Crippen molar-refractivity contribution in [1.82, 2.24) is 40.3 Å². The van der Waals surface area contributed by atoms with Crippen LogP contribution in [0.5, 0.6) is 0 Å². The third-order valence-corrected chi connectivity index (χ3v) is 6.01. The number of benzene rings is 1. The molecule has 0 spiro atoms. The summed E-state index contributed by atoms with van der Waals surface area (Å²) in [5.41, 5.74) is 4.03. The van der Waals surface area contributed by atoms with E-state index in [0.717, 1.165) is 42.0 Å². The number of aromatic nitrogens is 7. The van der Waals surface area contributed by atoms with Crippen molar-refractivity contribution >= 4 is 5.97 Å². The highest BCUT2D eigenvalue weighted by molar-refractivity contribution is 5.73. The maximum Gasteiger partial charge on any atom is 0.490 e. The van der Waals surface area contributed by atoms with Crippen LogP contribution in [0.4, 0.5) is 13.2 Å². The van der Waals surface area contributed by atoms with E-state index in [0.29, 0.717) is 18.8 Å². The van der Waals surface area contributed by atoms with E-state index in [4.69, 9.17) is 16.3 Å². The lowest BCUT2D eigenvalue weighted by Gasteiger charge is -2.20. The quantitative estimate of drug-likeness (QED) is 0.367. The van der Waals surface area contributed by atoms with Crippen molar-refractivity contribution < 1.29 is 23.1 Å². The number of carboxylic acid groups (broad SMARTS) is 1. The van der Waals surface area contributed by atoms with Crippen LogP contribution in [-0.4, -0.2) is 64.4 Å². The van der Waals surface area contributed by atoms with Crippen molar-refractivity contribution in [2.45, 2.75) is 71.4 Å². The fraction of sp³-hybridized carbons (Fsp3) is 0.500. The third kappa shape index (κ3) is 7.23. The standard InChI is InChI=1S/C22H28N10.C2HF3O2/c1-6-8-9-22(27-28-22)10-11-23-18(20-25-24-14-31(20)7-2)21-26-29-30-32(21)19-16(4)12-15(3)13-17(19)5;3-2(4,5)1(6)7/h1,12-14,18,23H,7-11H2,2-5H3;(H,6,7). The first kappa shape index (κ1) is 29.4. The topological polar surface area (TPSA) is 148 Å². The molecular formula is C24H29F3N10O2. The molecule has 2 N–H and O–H groups in total. The minimum atomic E-state index is -5.08. The van der Waals surface area contributed by atoms with E-state index in [1.165, 1.54) is 5.56 Å². The molecule has 12 nitrogen and oxygen atoms in total. The first-order valence-electron chi connectivity index (χ1n) is 12.1. The molecular weight excluding hydrogens is 517 g/mol. The Kier molecular flexibility index (Phi) is 9.12. The molecule has 208 valence electrons. The molecule has 0 bridgehead atoms. The zero-order valence-corrected chi connectivity index (χ0v) is 21.9. The highest BCUT2D eigenvalue weighted by Gasteiger charge is 2.39. The SMILES string of the molecule is C#CCCC1(CCNC(c2nncn2CC)c2nnnn2-c2c(C)cc(C)cc2C)N=N1.O=C(O)C(F)(F)F. The predicted octanol–water partition coefficient (Wildman–Crippen LogP) is 3.48. The lowest BCUT2D eigenvalue weighted by molar-refractivity contribution is -0.192. The molecule has 1 unspecified atom stereocenters. The number of rotatable bonds is 10. The zero-order chi connectivity index (χ0) is 28.8. The van der Waals surface area contributed by atoms with Gasteiger partial charge in [0.1, 0.15) is 12.4 Å². The number of halogens is 3. The number of alkyl halides is 3. The maximum atomic E-state index is 10.6. The number of nitrogens with zero attached hydrogens (tertiary/aromatic N) is 9. The zero-order valence-electron chi connectivity index (χ0n) is 21.9. The molecule has 3 aromatic rings. The van der Waals surface area contributed by atoms with Gasteiger partial charge in [0.15, 0.2) is 17.3 Å². The van der Waals surface area contributed by atoms with Gasteiger partial charge in [0, 0.05) is 32.4 Å². The number of carboxylic acids is 1. The van der Waals surface area contributed by atoms with Crippen LogP contribution in [0.3, 0.4) is 0 Å². The van der Waals surface area contributed by atoms with E-state index >= 15 is 0 Å². The van der Waals surface area contributed by atoms with Crippen molar-refractivity contribution in [2.24, 2.45) is 10.2 Å². The van der Waals surface area contributed by atoms with Crippen LogP contribution >= 0.6 is 0 Å². The largest absolute Gasteiger partial charge is 0.490 e. The van der Waals surface area contributed by atoms with E-state index < -0.39 is 12.1 Å². The van der Waals surface area contributed by atoms with Crippen molar-refractivity contribution in [2.75, 3.05) is 6.54 Å². The van der Waals surface area contributed by atoms with Gasteiger partial charge in [-0.2, -0.15) is 28.1 Å². The van der Waals surface area contributed by atoms with Crippen LogP contribution in [0, 0.1) is 33.1 Å². The smallest absolute Gasteiger partial charge is 0.475 e. The second-order valence-corrected chi connectivity index (χ2v) is 9.00. The van der Waals surface area contributed by atoms with Crippen LogP contribution in [0.15, 0.2) is 28.7 Å². The van der Waals surface area contributed by atoms with Crippen molar-refractivity contribution in [1.29, 1.82) is 0 Å². The average Bonchev–Trinajstić information content (AvgIpc) is 3.23. The first-order valence-corrected chi connectivity index (χ1v) is 12.1. The Bertz CT molecular complexity index is 1340. The van der Waals surface area contributed by atoms with Gasteiger partial charge in [-0.05, 0) is 49.2 Å². The number of hydrogen-bond acceptors (Lipinski definition) is 9. The first-order chi connectivity index (χ1) is 18.4. The molecule has 4 rings (SSSR count). The van der Waals surface area contributed by atoms with Gasteiger partial charge in [-0.25, -0.2) is 4.79 Å². The summed E-state index contributed by atoms with van der Waals surface area (Å²) in [5, 5.41) is 40.4. The molecule has 0 radical (unpaired) electrons. The number of aryl methyl sites for hydroxylation is 4.